The molecule has 0 saturated carbocycles. The molecule has 1 atom stereocenters. The normalized spacial score (nSPS) is 15.7. The number of nitrogens with zero attached hydrogens (tertiary/aromatic N) is 5. The van der Waals surface area contributed by atoms with Crippen molar-refractivity contribution in [1.82, 2.24) is 18.7 Å². The van der Waals surface area contributed by atoms with E-state index in [1.807, 2.05) is 12.1 Å². The molecule has 0 spiro atoms. The quantitative estimate of drug-likeness (QED) is 0.455. The van der Waals surface area contributed by atoms with E-state index < -0.39 is 11.2 Å². The van der Waals surface area contributed by atoms with Crippen LogP contribution in [0.2, 0.25) is 5.02 Å². The van der Waals surface area contributed by atoms with Crippen LogP contribution in [0.3, 0.4) is 0 Å². The SMILES string of the molecule is N#Cc1ccc(Cn2cnc3c2c(=O)n(C[C@H]2CCCO2)c(=O)n3-c2ccc(Cl)cc2)cc1. The van der Waals surface area contributed by atoms with Gasteiger partial charge in [-0.1, -0.05) is 23.7 Å². The van der Waals surface area contributed by atoms with Crippen molar-refractivity contribution in [3.8, 4) is 11.8 Å². The minimum absolute atomic E-state index is 0.179. The fraction of sp³-hybridized carbons (Fsp3) is 0.250. The minimum Gasteiger partial charge on any atom is -0.376 e. The second-order valence-electron chi connectivity index (χ2n) is 8.00. The van der Waals surface area contributed by atoms with E-state index in [2.05, 4.69) is 11.1 Å². The lowest BCUT2D eigenvalue weighted by atomic mass is 10.1. The van der Waals surface area contributed by atoms with Gasteiger partial charge in [0.2, 0.25) is 0 Å². The lowest BCUT2D eigenvalue weighted by Gasteiger charge is -2.15. The number of ether oxygens (including phenoxy) is 1. The first kappa shape index (κ1) is 21.2. The van der Waals surface area contributed by atoms with E-state index >= 15 is 0 Å². The summed E-state index contributed by atoms with van der Waals surface area (Å²) in [5.74, 6) is 0. The van der Waals surface area contributed by atoms with Crippen LogP contribution in [0.15, 0.2) is 64.4 Å². The van der Waals surface area contributed by atoms with Gasteiger partial charge in [-0.05, 0) is 54.8 Å². The van der Waals surface area contributed by atoms with Crippen LogP contribution < -0.4 is 11.2 Å². The molecule has 0 radical (unpaired) electrons. The first-order valence-electron chi connectivity index (χ1n) is 10.6. The molecule has 9 heteroatoms. The number of nitriles is 1. The van der Waals surface area contributed by atoms with Crippen molar-refractivity contribution in [1.29, 1.82) is 5.26 Å². The largest absolute Gasteiger partial charge is 0.376 e. The van der Waals surface area contributed by atoms with E-state index in [4.69, 9.17) is 21.6 Å². The van der Waals surface area contributed by atoms with Crippen LogP contribution in [0.4, 0.5) is 0 Å². The molecule has 0 N–H and O–H groups in total. The highest BCUT2D eigenvalue weighted by molar-refractivity contribution is 6.30. The van der Waals surface area contributed by atoms with E-state index in [0.717, 1.165) is 18.4 Å². The first-order valence-corrected chi connectivity index (χ1v) is 11.0. The molecular formula is C24H20ClN5O3. The van der Waals surface area contributed by atoms with Crippen LogP contribution in [-0.2, 0) is 17.8 Å². The molecular weight excluding hydrogens is 442 g/mol. The predicted octanol–water partition coefficient (Wildman–Crippen LogP) is 3.10. The Morgan fingerprint density at radius 3 is 2.55 bits per heavy atom. The summed E-state index contributed by atoms with van der Waals surface area (Å²) in [6.07, 6.45) is 3.09. The van der Waals surface area contributed by atoms with Crippen molar-refractivity contribution < 1.29 is 4.74 Å². The first-order chi connectivity index (χ1) is 16.0. The third-order valence-corrected chi connectivity index (χ3v) is 6.08. The van der Waals surface area contributed by atoms with Gasteiger partial charge in [0, 0.05) is 18.2 Å². The average Bonchev–Trinajstić information content (AvgIpc) is 3.49. The molecule has 1 aliphatic heterocycles. The zero-order chi connectivity index (χ0) is 22.9. The molecule has 2 aromatic carbocycles. The lowest BCUT2D eigenvalue weighted by Crippen LogP contribution is -2.42. The molecule has 8 nitrogen and oxygen atoms in total. The average molecular weight is 462 g/mol. The van der Waals surface area contributed by atoms with Gasteiger partial charge in [0.15, 0.2) is 11.2 Å². The molecule has 1 aliphatic rings. The van der Waals surface area contributed by atoms with Crippen molar-refractivity contribution in [3.63, 3.8) is 0 Å². The second-order valence-corrected chi connectivity index (χ2v) is 8.44. The predicted molar refractivity (Wildman–Crippen MR) is 124 cm³/mol. The Bertz CT molecular complexity index is 1470. The Kier molecular flexibility index (Phi) is 5.58. The van der Waals surface area contributed by atoms with Gasteiger partial charge in [-0.15, -0.1) is 0 Å². The molecule has 4 aromatic rings. The second kappa shape index (κ2) is 8.70. The fourth-order valence-corrected chi connectivity index (χ4v) is 4.28. The number of halogens is 1. The van der Waals surface area contributed by atoms with Crippen molar-refractivity contribution in [2.75, 3.05) is 6.61 Å². The zero-order valence-electron chi connectivity index (χ0n) is 17.6. The summed E-state index contributed by atoms with van der Waals surface area (Å²) in [7, 11) is 0. The Morgan fingerprint density at radius 1 is 1.12 bits per heavy atom. The zero-order valence-corrected chi connectivity index (χ0v) is 18.4. The standard InChI is InChI=1S/C24H20ClN5O3/c25-18-7-9-19(10-8-18)30-22-21(23(31)29(24(30)32)14-20-2-1-11-33-20)28(15-27-22)13-17-5-3-16(12-26)4-6-17/h3-10,15,20H,1-2,11,13-14H2/t20-/m1/s1. The van der Waals surface area contributed by atoms with Crippen molar-refractivity contribution in [2.24, 2.45) is 0 Å². The van der Waals surface area contributed by atoms with Gasteiger partial charge >= 0.3 is 5.69 Å². The van der Waals surface area contributed by atoms with Crippen LogP contribution in [0.1, 0.15) is 24.0 Å². The maximum Gasteiger partial charge on any atom is 0.337 e. The molecule has 0 bridgehead atoms. The maximum atomic E-state index is 13.5. The summed E-state index contributed by atoms with van der Waals surface area (Å²) in [6.45, 7) is 1.18. The van der Waals surface area contributed by atoms with E-state index in [9.17, 15) is 9.59 Å². The van der Waals surface area contributed by atoms with Crippen LogP contribution in [0.25, 0.3) is 16.9 Å². The fourth-order valence-electron chi connectivity index (χ4n) is 4.16. The van der Waals surface area contributed by atoms with E-state index in [0.29, 0.717) is 34.9 Å². The number of fused-ring (bicyclic) bond motifs is 1. The summed E-state index contributed by atoms with van der Waals surface area (Å²) in [5.41, 5.74) is 1.78. The molecule has 166 valence electrons. The number of hydrogen-bond donors (Lipinski definition) is 0. The number of aromatic nitrogens is 4. The van der Waals surface area contributed by atoms with Gasteiger partial charge in [-0.3, -0.25) is 9.36 Å². The highest BCUT2D eigenvalue weighted by Gasteiger charge is 2.23. The van der Waals surface area contributed by atoms with Crippen molar-refractivity contribution in [2.45, 2.75) is 32.0 Å². The topological polar surface area (TPSA) is 94.8 Å². The van der Waals surface area contributed by atoms with E-state index in [1.54, 1.807) is 47.3 Å². The Balaban J connectivity index is 1.69. The van der Waals surface area contributed by atoms with Gasteiger partial charge in [-0.2, -0.15) is 5.26 Å². The highest BCUT2D eigenvalue weighted by atomic mass is 35.5. The third-order valence-electron chi connectivity index (χ3n) is 5.83. The molecule has 1 saturated heterocycles. The Hall–Kier alpha value is -3.67. The molecule has 5 rings (SSSR count). The number of benzene rings is 2. The highest BCUT2D eigenvalue weighted by Crippen LogP contribution is 2.18. The maximum absolute atomic E-state index is 13.5. The monoisotopic (exact) mass is 461 g/mol. The van der Waals surface area contributed by atoms with Gasteiger partial charge in [-0.25, -0.2) is 14.3 Å². The van der Waals surface area contributed by atoms with E-state index in [1.165, 1.54) is 9.13 Å². The van der Waals surface area contributed by atoms with Gasteiger partial charge in [0.25, 0.3) is 5.56 Å². The van der Waals surface area contributed by atoms with Gasteiger partial charge < -0.3 is 9.30 Å². The molecule has 1 fully saturated rings. The molecule has 3 heterocycles. The molecule has 0 amide bonds. The third kappa shape index (κ3) is 3.97. The molecule has 0 aliphatic carbocycles. The van der Waals surface area contributed by atoms with Crippen LogP contribution in [0, 0.1) is 11.3 Å². The van der Waals surface area contributed by atoms with E-state index in [-0.39, 0.29) is 18.3 Å². The lowest BCUT2D eigenvalue weighted by molar-refractivity contribution is 0.0950. The van der Waals surface area contributed by atoms with Crippen molar-refractivity contribution >= 4 is 22.8 Å². The van der Waals surface area contributed by atoms with Gasteiger partial charge in [0.1, 0.15) is 0 Å². The molecule has 33 heavy (non-hydrogen) atoms. The Morgan fingerprint density at radius 2 is 1.88 bits per heavy atom. The summed E-state index contributed by atoms with van der Waals surface area (Å²) in [5, 5.41) is 9.58. The summed E-state index contributed by atoms with van der Waals surface area (Å²) in [4.78, 5) is 31.4. The van der Waals surface area contributed by atoms with Crippen molar-refractivity contribution in [3.05, 3.63) is 91.8 Å². The smallest absolute Gasteiger partial charge is 0.337 e. The summed E-state index contributed by atoms with van der Waals surface area (Å²) in [6, 6.07) is 16.1. The molecule has 0 unspecified atom stereocenters. The molecule has 2 aromatic heterocycles. The summed E-state index contributed by atoms with van der Waals surface area (Å²) < 4.78 is 10.1. The summed E-state index contributed by atoms with van der Waals surface area (Å²) >= 11 is 6.04. The minimum atomic E-state index is -0.464. The number of imidazole rings is 1. The van der Waals surface area contributed by atoms with Crippen LogP contribution >= 0.6 is 11.6 Å². The number of rotatable bonds is 5. The van der Waals surface area contributed by atoms with Gasteiger partial charge in [0.05, 0.1) is 36.3 Å². The van der Waals surface area contributed by atoms with Crippen LogP contribution in [-0.4, -0.2) is 31.4 Å². The Labute approximate surface area is 193 Å². The van der Waals surface area contributed by atoms with Crippen LogP contribution in [0.5, 0.6) is 0 Å². The number of hydrogen-bond acceptors (Lipinski definition) is 5.